The van der Waals surface area contributed by atoms with Crippen molar-refractivity contribution in [2.75, 3.05) is 13.1 Å². The Hall–Kier alpha value is -2.95. The van der Waals surface area contributed by atoms with E-state index in [2.05, 4.69) is 33.7 Å². The molecule has 1 N–H and O–H groups in total. The third-order valence-corrected chi connectivity index (χ3v) is 4.86. The Bertz CT molecular complexity index is 916. The standard InChI is InChI=1S/C20H20N4O/c1-2-19(25)24-7-5-14(13-24)8-15-9-17-18(12-23-20(17)22-10-15)16-4-3-6-21-11-16/h2-4,6,9-12,14H,1,5,7-8,13H2,(H,22,23)/t14-/m1/s1. The number of aromatic amines is 1. The van der Waals surface area contributed by atoms with Gasteiger partial charge in [-0.15, -0.1) is 0 Å². The molecule has 0 bridgehead atoms. The molecule has 4 heterocycles. The number of fused-ring (bicyclic) bond motifs is 1. The molecule has 4 rings (SSSR count). The highest BCUT2D eigenvalue weighted by Gasteiger charge is 2.25. The van der Waals surface area contributed by atoms with Crippen LogP contribution >= 0.6 is 0 Å². The Morgan fingerprint density at radius 2 is 2.36 bits per heavy atom. The van der Waals surface area contributed by atoms with Crippen molar-refractivity contribution in [3.63, 3.8) is 0 Å². The first-order valence-corrected chi connectivity index (χ1v) is 8.52. The zero-order valence-electron chi connectivity index (χ0n) is 14.0. The van der Waals surface area contributed by atoms with Gasteiger partial charge in [-0.2, -0.15) is 0 Å². The van der Waals surface area contributed by atoms with Crippen molar-refractivity contribution >= 4 is 16.9 Å². The summed E-state index contributed by atoms with van der Waals surface area (Å²) in [7, 11) is 0. The van der Waals surface area contributed by atoms with Gasteiger partial charge in [-0.3, -0.25) is 9.78 Å². The number of amides is 1. The number of rotatable bonds is 4. The zero-order chi connectivity index (χ0) is 17.2. The Balaban J connectivity index is 1.57. The molecule has 0 spiro atoms. The first kappa shape index (κ1) is 15.6. The van der Waals surface area contributed by atoms with Crippen molar-refractivity contribution in [3.05, 3.63) is 61.2 Å². The molecule has 3 aromatic heterocycles. The van der Waals surface area contributed by atoms with Crippen molar-refractivity contribution in [2.45, 2.75) is 12.8 Å². The molecule has 5 heteroatoms. The monoisotopic (exact) mass is 332 g/mol. The molecule has 0 saturated carbocycles. The third-order valence-electron chi connectivity index (χ3n) is 4.86. The van der Waals surface area contributed by atoms with Crippen molar-refractivity contribution in [2.24, 2.45) is 5.92 Å². The maximum atomic E-state index is 11.7. The molecular formula is C20H20N4O. The van der Waals surface area contributed by atoms with Gasteiger partial charge in [-0.1, -0.05) is 12.6 Å². The molecule has 0 radical (unpaired) electrons. The highest BCUT2D eigenvalue weighted by atomic mass is 16.2. The maximum absolute atomic E-state index is 11.7. The van der Waals surface area contributed by atoms with Crippen molar-refractivity contribution < 1.29 is 4.79 Å². The lowest BCUT2D eigenvalue weighted by molar-refractivity contribution is -0.125. The Morgan fingerprint density at radius 1 is 1.44 bits per heavy atom. The summed E-state index contributed by atoms with van der Waals surface area (Å²) in [5.74, 6) is 0.504. The first-order chi connectivity index (χ1) is 12.2. The molecule has 1 saturated heterocycles. The SMILES string of the molecule is C=CC(=O)N1CC[C@H](Cc2cnc3[nH]cc(-c4cccnc4)c3c2)C1. The van der Waals surface area contributed by atoms with Gasteiger partial charge in [0.25, 0.3) is 0 Å². The van der Waals surface area contributed by atoms with E-state index in [9.17, 15) is 4.79 Å². The molecule has 3 aromatic rings. The van der Waals surface area contributed by atoms with Gasteiger partial charge in [-0.25, -0.2) is 4.98 Å². The minimum atomic E-state index is 0.0283. The van der Waals surface area contributed by atoms with Crippen LogP contribution in [0.3, 0.4) is 0 Å². The number of carbonyl (C=O) groups excluding carboxylic acids is 1. The van der Waals surface area contributed by atoms with Crippen LogP contribution in [0.25, 0.3) is 22.2 Å². The lowest BCUT2D eigenvalue weighted by atomic mass is 9.98. The van der Waals surface area contributed by atoms with Crippen LogP contribution in [0.1, 0.15) is 12.0 Å². The van der Waals surface area contributed by atoms with E-state index in [1.54, 1.807) is 6.20 Å². The summed E-state index contributed by atoms with van der Waals surface area (Å²) in [6, 6.07) is 6.20. The Labute approximate surface area is 146 Å². The lowest BCUT2D eigenvalue weighted by Gasteiger charge is -2.14. The van der Waals surface area contributed by atoms with E-state index < -0.39 is 0 Å². The molecule has 1 aliphatic heterocycles. The van der Waals surface area contributed by atoms with Gasteiger partial charge in [-0.05, 0) is 42.5 Å². The second-order valence-electron chi connectivity index (χ2n) is 6.53. The van der Waals surface area contributed by atoms with Gasteiger partial charge in [0.1, 0.15) is 5.65 Å². The first-order valence-electron chi connectivity index (χ1n) is 8.52. The Kier molecular flexibility index (Phi) is 4.06. The fourth-order valence-electron chi connectivity index (χ4n) is 3.58. The Morgan fingerprint density at radius 3 is 3.16 bits per heavy atom. The number of aromatic nitrogens is 3. The molecule has 25 heavy (non-hydrogen) atoms. The number of hydrogen-bond donors (Lipinski definition) is 1. The van der Waals surface area contributed by atoms with Crippen LogP contribution in [0.5, 0.6) is 0 Å². The van der Waals surface area contributed by atoms with E-state index in [-0.39, 0.29) is 5.91 Å². The summed E-state index contributed by atoms with van der Waals surface area (Å²) in [5.41, 5.74) is 4.29. The molecule has 5 nitrogen and oxygen atoms in total. The third kappa shape index (κ3) is 3.05. The summed E-state index contributed by atoms with van der Waals surface area (Å²) < 4.78 is 0. The predicted molar refractivity (Wildman–Crippen MR) is 97.9 cm³/mol. The maximum Gasteiger partial charge on any atom is 0.245 e. The minimum Gasteiger partial charge on any atom is -0.346 e. The normalized spacial score (nSPS) is 17.1. The quantitative estimate of drug-likeness (QED) is 0.746. The van der Waals surface area contributed by atoms with Crippen LogP contribution in [0.4, 0.5) is 0 Å². The molecule has 1 amide bonds. The number of hydrogen-bond acceptors (Lipinski definition) is 3. The van der Waals surface area contributed by atoms with E-state index in [4.69, 9.17) is 0 Å². The van der Waals surface area contributed by atoms with Crippen LogP contribution in [0, 0.1) is 5.92 Å². The molecule has 0 aromatic carbocycles. The van der Waals surface area contributed by atoms with E-state index >= 15 is 0 Å². The zero-order valence-corrected chi connectivity index (χ0v) is 14.0. The van der Waals surface area contributed by atoms with Crippen LogP contribution in [0.2, 0.25) is 0 Å². The number of H-pyrrole nitrogens is 1. The molecule has 0 unspecified atom stereocenters. The van der Waals surface area contributed by atoms with Crippen molar-refractivity contribution in [1.82, 2.24) is 19.9 Å². The van der Waals surface area contributed by atoms with Gasteiger partial charge >= 0.3 is 0 Å². The largest absolute Gasteiger partial charge is 0.346 e. The number of nitrogens with one attached hydrogen (secondary N) is 1. The van der Waals surface area contributed by atoms with E-state index in [1.165, 1.54) is 11.6 Å². The predicted octanol–water partition coefficient (Wildman–Crippen LogP) is 3.20. The van der Waals surface area contributed by atoms with Crippen molar-refractivity contribution in [3.8, 4) is 11.1 Å². The second-order valence-corrected chi connectivity index (χ2v) is 6.53. The van der Waals surface area contributed by atoms with Crippen LogP contribution < -0.4 is 0 Å². The highest BCUT2D eigenvalue weighted by molar-refractivity contribution is 5.93. The summed E-state index contributed by atoms with van der Waals surface area (Å²) in [6.07, 6.45) is 10.9. The molecule has 1 fully saturated rings. The van der Waals surface area contributed by atoms with Crippen LogP contribution in [-0.2, 0) is 11.2 Å². The number of carbonyl (C=O) groups is 1. The lowest BCUT2D eigenvalue weighted by Crippen LogP contribution is -2.26. The summed E-state index contributed by atoms with van der Waals surface area (Å²) in [5, 5.41) is 1.11. The summed E-state index contributed by atoms with van der Waals surface area (Å²) >= 11 is 0. The molecule has 0 aliphatic carbocycles. The highest BCUT2D eigenvalue weighted by Crippen LogP contribution is 2.29. The van der Waals surface area contributed by atoms with E-state index in [0.717, 1.165) is 48.1 Å². The number of likely N-dealkylation sites (tertiary alicyclic amines) is 1. The molecule has 1 aliphatic rings. The van der Waals surface area contributed by atoms with Crippen LogP contribution in [0.15, 0.2) is 55.6 Å². The van der Waals surface area contributed by atoms with Gasteiger partial charge < -0.3 is 9.88 Å². The van der Waals surface area contributed by atoms with E-state index in [1.807, 2.05) is 29.6 Å². The summed E-state index contributed by atoms with van der Waals surface area (Å²) in [6.45, 7) is 5.18. The molecule has 126 valence electrons. The van der Waals surface area contributed by atoms with Crippen LogP contribution in [-0.4, -0.2) is 38.8 Å². The van der Waals surface area contributed by atoms with Gasteiger partial charge in [0.2, 0.25) is 5.91 Å². The smallest absolute Gasteiger partial charge is 0.245 e. The van der Waals surface area contributed by atoms with Crippen molar-refractivity contribution in [1.29, 1.82) is 0 Å². The van der Waals surface area contributed by atoms with Gasteiger partial charge in [0, 0.05) is 54.4 Å². The average molecular weight is 332 g/mol. The topological polar surface area (TPSA) is 61.9 Å². The van der Waals surface area contributed by atoms with E-state index in [0.29, 0.717) is 5.92 Å². The molecule has 1 atom stereocenters. The molecular weight excluding hydrogens is 312 g/mol. The van der Waals surface area contributed by atoms with Gasteiger partial charge in [0.05, 0.1) is 0 Å². The minimum absolute atomic E-state index is 0.0283. The van der Waals surface area contributed by atoms with Gasteiger partial charge in [0.15, 0.2) is 0 Å². The fourth-order valence-corrected chi connectivity index (χ4v) is 3.58. The average Bonchev–Trinajstić information content (AvgIpc) is 3.28. The number of nitrogens with zero attached hydrogens (tertiary/aromatic N) is 3. The number of pyridine rings is 2. The second kappa shape index (κ2) is 6.51. The summed E-state index contributed by atoms with van der Waals surface area (Å²) in [4.78, 5) is 25.6. The fraction of sp³-hybridized carbons (Fsp3) is 0.250.